The first kappa shape index (κ1) is 13.0. The van der Waals surface area contributed by atoms with Crippen LogP contribution in [0.1, 0.15) is 18.5 Å². The Morgan fingerprint density at radius 1 is 1.19 bits per heavy atom. The Morgan fingerprint density at radius 2 is 2.10 bits per heavy atom. The third-order valence-corrected chi connectivity index (χ3v) is 4.82. The summed E-state index contributed by atoms with van der Waals surface area (Å²) >= 11 is 0. The fourth-order valence-electron chi connectivity index (χ4n) is 3.74. The number of aliphatic hydroxyl groups is 1. The van der Waals surface area contributed by atoms with E-state index in [0.29, 0.717) is 6.04 Å². The van der Waals surface area contributed by atoms with Crippen molar-refractivity contribution in [2.24, 2.45) is 0 Å². The topological polar surface area (TPSA) is 39.6 Å². The third-order valence-electron chi connectivity index (χ3n) is 4.82. The molecule has 4 heteroatoms. The Kier molecular flexibility index (Phi) is 3.28. The van der Waals surface area contributed by atoms with Gasteiger partial charge in [0.2, 0.25) is 0 Å². The number of hydrogen-bond acceptors (Lipinski definition) is 4. The van der Waals surface area contributed by atoms with Gasteiger partial charge in [0.1, 0.15) is 5.82 Å². The lowest BCUT2D eigenvalue weighted by molar-refractivity contribution is 0.230. The maximum atomic E-state index is 9.48. The number of pyridine rings is 1. The normalized spacial score (nSPS) is 22.7. The lowest BCUT2D eigenvalue weighted by Crippen LogP contribution is -2.50. The van der Waals surface area contributed by atoms with Crippen molar-refractivity contribution < 1.29 is 5.11 Å². The van der Waals surface area contributed by atoms with E-state index in [2.05, 4.69) is 28.0 Å². The lowest BCUT2D eigenvalue weighted by atomic mass is 10.1. The van der Waals surface area contributed by atoms with E-state index < -0.39 is 0 Å². The maximum absolute atomic E-state index is 9.48. The highest BCUT2D eigenvalue weighted by atomic mass is 16.3. The van der Waals surface area contributed by atoms with Gasteiger partial charge in [-0.3, -0.25) is 4.90 Å². The second kappa shape index (κ2) is 5.28. The molecule has 0 amide bonds. The van der Waals surface area contributed by atoms with Gasteiger partial charge in [0.05, 0.1) is 12.3 Å². The summed E-state index contributed by atoms with van der Waals surface area (Å²) in [6.07, 6.45) is 2.62. The molecule has 1 unspecified atom stereocenters. The second-order valence-corrected chi connectivity index (χ2v) is 6.09. The molecule has 1 aromatic heterocycles. The maximum Gasteiger partial charge on any atom is 0.136 e. The van der Waals surface area contributed by atoms with Crippen LogP contribution in [0.5, 0.6) is 0 Å². The molecule has 2 aliphatic heterocycles. The molecule has 4 nitrogen and oxygen atoms in total. The van der Waals surface area contributed by atoms with Crippen LogP contribution >= 0.6 is 0 Å². The van der Waals surface area contributed by atoms with Crippen molar-refractivity contribution in [1.82, 2.24) is 9.88 Å². The molecule has 2 saturated heterocycles. The molecule has 2 fully saturated rings. The number of aromatic nitrogens is 1. The zero-order chi connectivity index (χ0) is 14.2. The molecular weight excluding hydrogens is 262 g/mol. The summed E-state index contributed by atoms with van der Waals surface area (Å²) < 4.78 is 0. The van der Waals surface area contributed by atoms with E-state index >= 15 is 0 Å². The van der Waals surface area contributed by atoms with Gasteiger partial charge in [-0.05, 0) is 30.8 Å². The Bertz CT molecular complexity index is 658. The molecule has 4 rings (SSSR count). The molecule has 1 aromatic carbocycles. The molecule has 0 radical (unpaired) electrons. The minimum atomic E-state index is 0.00122. The Morgan fingerprint density at radius 3 is 3.00 bits per heavy atom. The summed E-state index contributed by atoms with van der Waals surface area (Å²) in [5.74, 6) is 1.05. The van der Waals surface area contributed by atoms with Crippen molar-refractivity contribution in [1.29, 1.82) is 0 Å². The van der Waals surface area contributed by atoms with Crippen LogP contribution in [-0.4, -0.2) is 47.2 Å². The first-order chi connectivity index (χ1) is 10.3. The van der Waals surface area contributed by atoms with Crippen molar-refractivity contribution in [3.8, 4) is 0 Å². The summed E-state index contributed by atoms with van der Waals surface area (Å²) in [5, 5.41) is 11.8. The van der Waals surface area contributed by atoms with Crippen LogP contribution in [0.15, 0.2) is 30.3 Å². The highest BCUT2D eigenvalue weighted by Crippen LogP contribution is 2.30. The van der Waals surface area contributed by atoms with E-state index in [1.54, 1.807) is 0 Å². The number of anilines is 1. The van der Waals surface area contributed by atoms with Crippen molar-refractivity contribution in [3.05, 3.63) is 36.0 Å². The van der Waals surface area contributed by atoms with E-state index in [9.17, 15) is 5.11 Å². The van der Waals surface area contributed by atoms with Crippen LogP contribution < -0.4 is 4.90 Å². The summed E-state index contributed by atoms with van der Waals surface area (Å²) in [6, 6.07) is 11.0. The van der Waals surface area contributed by atoms with Crippen LogP contribution in [0.2, 0.25) is 0 Å². The van der Waals surface area contributed by atoms with Crippen molar-refractivity contribution in [3.63, 3.8) is 0 Å². The zero-order valence-electron chi connectivity index (χ0n) is 12.2. The number of benzene rings is 1. The van der Waals surface area contributed by atoms with E-state index in [0.717, 1.165) is 31.1 Å². The summed E-state index contributed by atoms with van der Waals surface area (Å²) in [6.45, 7) is 4.48. The van der Waals surface area contributed by atoms with Crippen molar-refractivity contribution >= 4 is 16.6 Å². The molecule has 0 bridgehead atoms. The zero-order valence-corrected chi connectivity index (χ0v) is 12.2. The fraction of sp³-hybridized carbons (Fsp3) is 0.471. The molecule has 0 aliphatic carbocycles. The van der Waals surface area contributed by atoms with E-state index in [1.165, 1.54) is 30.2 Å². The van der Waals surface area contributed by atoms with E-state index in [4.69, 9.17) is 4.98 Å². The largest absolute Gasteiger partial charge is 0.390 e. The van der Waals surface area contributed by atoms with Gasteiger partial charge in [-0.2, -0.15) is 0 Å². The van der Waals surface area contributed by atoms with Crippen LogP contribution in [-0.2, 0) is 6.61 Å². The molecule has 2 aromatic rings. The van der Waals surface area contributed by atoms with Crippen molar-refractivity contribution in [2.75, 3.05) is 31.1 Å². The van der Waals surface area contributed by atoms with Crippen LogP contribution in [0.3, 0.4) is 0 Å². The van der Waals surface area contributed by atoms with Crippen LogP contribution in [0, 0.1) is 0 Å². The SMILES string of the molecule is OCc1cc2ccccc2c(N2CCN3CCCC3C2)n1. The number of fused-ring (bicyclic) bond motifs is 2. The predicted molar refractivity (Wildman–Crippen MR) is 84.5 cm³/mol. The average molecular weight is 283 g/mol. The monoisotopic (exact) mass is 283 g/mol. The minimum Gasteiger partial charge on any atom is -0.390 e. The van der Waals surface area contributed by atoms with Gasteiger partial charge >= 0.3 is 0 Å². The first-order valence-electron chi connectivity index (χ1n) is 7.83. The van der Waals surface area contributed by atoms with Gasteiger partial charge in [-0.1, -0.05) is 24.3 Å². The quantitative estimate of drug-likeness (QED) is 0.915. The second-order valence-electron chi connectivity index (χ2n) is 6.09. The van der Waals surface area contributed by atoms with Crippen LogP contribution in [0.4, 0.5) is 5.82 Å². The lowest BCUT2D eigenvalue weighted by Gasteiger charge is -2.38. The molecule has 1 atom stereocenters. The minimum absolute atomic E-state index is 0.00122. The molecule has 1 N–H and O–H groups in total. The van der Waals surface area contributed by atoms with E-state index in [1.807, 2.05) is 12.1 Å². The van der Waals surface area contributed by atoms with E-state index in [-0.39, 0.29) is 6.61 Å². The summed E-state index contributed by atoms with van der Waals surface area (Å²) in [7, 11) is 0. The standard InChI is InChI=1S/C17H21N3O/c21-12-14-10-13-4-1-2-6-16(13)17(18-14)20-9-8-19-7-3-5-15(19)11-20/h1-2,4,6,10,15,21H,3,5,7-9,11-12H2. The Balaban J connectivity index is 1.75. The predicted octanol–water partition coefficient (Wildman–Crippen LogP) is 2.01. The highest BCUT2D eigenvalue weighted by Gasteiger charge is 2.31. The Hall–Kier alpha value is -1.65. The summed E-state index contributed by atoms with van der Waals surface area (Å²) in [4.78, 5) is 9.73. The molecule has 110 valence electrons. The van der Waals surface area contributed by atoms with Gasteiger partial charge in [0, 0.05) is 31.1 Å². The highest BCUT2D eigenvalue weighted by molar-refractivity contribution is 5.92. The number of hydrogen-bond donors (Lipinski definition) is 1. The Labute approximate surface area is 125 Å². The fourth-order valence-corrected chi connectivity index (χ4v) is 3.74. The molecular formula is C17H21N3O. The average Bonchev–Trinajstić information content (AvgIpc) is 3.01. The third kappa shape index (κ3) is 2.28. The molecule has 0 spiro atoms. The van der Waals surface area contributed by atoms with Crippen LogP contribution in [0.25, 0.3) is 10.8 Å². The smallest absolute Gasteiger partial charge is 0.136 e. The van der Waals surface area contributed by atoms with Gasteiger partial charge in [-0.15, -0.1) is 0 Å². The number of piperazine rings is 1. The van der Waals surface area contributed by atoms with Gasteiger partial charge in [0.25, 0.3) is 0 Å². The number of aliphatic hydroxyl groups excluding tert-OH is 1. The molecule has 3 heterocycles. The van der Waals surface area contributed by atoms with Gasteiger partial charge in [-0.25, -0.2) is 4.98 Å². The molecule has 2 aliphatic rings. The first-order valence-corrected chi connectivity index (χ1v) is 7.83. The molecule has 21 heavy (non-hydrogen) atoms. The number of nitrogens with zero attached hydrogens (tertiary/aromatic N) is 3. The molecule has 0 saturated carbocycles. The van der Waals surface area contributed by atoms with Gasteiger partial charge in [0.15, 0.2) is 0 Å². The number of rotatable bonds is 2. The van der Waals surface area contributed by atoms with Crippen molar-refractivity contribution in [2.45, 2.75) is 25.5 Å². The van der Waals surface area contributed by atoms with Gasteiger partial charge < -0.3 is 10.0 Å². The summed E-state index contributed by atoms with van der Waals surface area (Å²) in [5.41, 5.74) is 0.762.